The van der Waals surface area contributed by atoms with Gasteiger partial charge in [-0.25, -0.2) is 4.98 Å². The molecule has 0 spiro atoms. The Hall–Kier alpha value is -4.02. The smallest absolute Gasteiger partial charge is 0.421 e. The van der Waals surface area contributed by atoms with Gasteiger partial charge in [-0.3, -0.25) is 4.79 Å². The van der Waals surface area contributed by atoms with E-state index in [-0.39, 0.29) is 17.7 Å². The maximum absolute atomic E-state index is 13.5. The molecule has 1 aliphatic rings. The van der Waals surface area contributed by atoms with Gasteiger partial charge < -0.3 is 25.2 Å². The number of methoxy groups -OCH3 is 1. The molecule has 8 nitrogen and oxygen atoms in total. The Morgan fingerprint density at radius 3 is 2.37 bits per heavy atom. The predicted octanol–water partition coefficient (Wildman–Crippen LogP) is 4.66. The van der Waals surface area contributed by atoms with Crippen LogP contribution in [0.5, 0.6) is 5.75 Å². The van der Waals surface area contributed by atoms with E-state index in [1.165, 1.54) is 7.11 Å². The molecule has 2 heterocycles. The first-order valence-corrected chi connectivity index (χ1v) is 11.0. The third-order valence-electron chi connectivity index (χ3n) is 5.65. The number of hydrogen-bond donors (Lipinski definition) is 2. The fourth-order valence-electron chi connectivity index (χ4n) is 3.78. The van der Waals surface area contributed by atoms with Crippen LogP contribution in [0.4, 0.5) is 42.0 Å². The summed E-state index contributed by atoms with van der Waals surface area (Å²) in [6.07, 6.45) is -3.88. The molecule has 184 valence electrons. The lowest BCUT2D eigenvalue weighted by Gasteiger charge is -2.35. The van der Waals surface area contributed by atoms with Crippen LogP contribution in [0, 0.1) is 0 Å². The number of nitrogens with one attached hydrogen (secondary N) is 2. The van der Waals surface area contributed by atoms with Crippen LogP contribution in [0.25, 0.3) is 0 Å². The second-order valence-corrected chi connectivity index (χ2v) is 7.95. The highest BCUT2D eigenvalue weighted by molar-refractivity contribution is 5.74. The number of piperazine rings is 1. The average molecular weight is 486 g/mol. The third kappa shape index (κ3) is 5.73. The van der Waals surface area contributed by atoms with E-state index in [1.54, 1.807) is 48.2 Å². The maximum Gasteiger partial charge on any atom is 0.421 e. The van der Waals surface area contributed by atoms with E-state index >= 15 is 0 Å². The first kappa shape index (κ1) is 24.1. The molecule has 2 N–H and O–H groups in total. The number of halogens is 3. The maximum atomic E-state index is 13.5. The lowest BCUT2D eigenvalue weighted by atomic mass is 10.2. The minimum absolute atomic E-state index is 0.0162. The molecule has 11 heteroatoms. The zero-order valence-electron chi connectivity index (χ0n) is 19.3. The van der Waals surface area contributed by atoms with Crippen LogP contribution in [-0.2, 0) is 11.0 Å². The predicted molar refractivity (Wildman–Crippen MR) is 128 cm³/mol. The Balaban J connectivity index is 1.56. The van der Waals surface area contributed by atoms with Crippen LogP contribution in [0.2, 0.25) is 0 Å². The van der Waals surface area contributed by atoms with Crippen molar-refractivity contribution in [1.29, 1.82) is 0 Å². The van der Waals surface area contributed by atoms with E-state index in [9.17, 15) is 18.0 Å². The van der Waals surface area contributed by atoms with E-state index in [2.05, 4.69) is 25.5 Å². The number of alkyl halides is 3. The second-order valence-electron chi connectivity index (χ2n) is 7.95. The fraction of sp³-hybridized carbons (Fsp3) is 0.292. The molecule has 0 radical (unpaired) electrons. The zero-order chi connectivity index (χ0) is 25.0. The number of nitrogens with zero attached hydrogens (tertiary/aromatic N) is 4. The van der Waals surface area contributed by atoms with Gasteiger partial charge in [0.1, 0.15) is 17.1 Å². The number of rotatable bonds is 6. The summed E-state index contributed by atoms with van der Waals surface area (Å²) >= 11 is 0. The molecule has 1 fully saturated rings. The van der Waals surface area contributed by atoms with E-state index < -0.39 is 11.7 Å². The molecular formula is C24H25F3N6O2. The monoisotopic (exact) mass is 486 g/mol. The molecule has 0 aliphatic carbocycles. The minimum Gasteiger partial charge on any atom is -0.494 e. The van der Waals surface area contributed by atoms with Crippen molar-refractivity contribution in [3.8, 4) is 5.75 Å². The highest BCUT2D eigenvalue weighted by Crippen LogP contribution is 2.36. The Kier molecular flexibility index (Phi) is 6.94. The van der Waals surface area contributed by atoms with Crippen molar-refractivity contribution < 1.29 is 22.7 Å². The molecule has 35 heavy (non-hydrogen) atoms. The largest absolute Gasteiger partial charge is 0.494 e. The van der Waals surface area contributed by atoms with Gasteiger partial charge in [0.15, 0.2) is 0 Å². The standard InChI is InChI=1S/C24H25F3N6O2/c1-16(34)32-10-12-33(13-11-32)18-8-9-20(21(14-18)35-2)30-23-28-15-19(24(25,26)27)22(31-23)29-17-6-4-3-5-7-17/h3-9,14-15H,10-13H2,1-2H3,(H2,28,29,30,31). The highest BCUT2D eigenvalue weighted by atomic mass is 19.4. The van der Waals surface area contributed by atoms with Crippen LogP contribution in [0.15, 0.2) is 54.7 Å². The molecule has 1 aromatic heterocycles. The Morgan fingerprint density at radius 1 is 1.03 bits per heavy atom. The van der Waals surface area contributed by atoms with E-state index in [0.29, 0.717) is 43.3 Å². The lowest BCUT2D eigenvalue weighted by Crippen LogP contribution is -2.48. The molecule has 0 bridgehead atoms. The van der Waals surface area contributed by atoms with E-state index in [4.69, 9.17) is 4.74 Å². The third-order valence-corrected chi connectivity index (χ3v) is 5.65. The quantitative estimate of drug-likeness (QED) is 0.525. The molecule has 0 unspecified atom stereocenters. The van der Waals surface area contributed by atoms with Gasteiger partial charge in [-0.05, 0) is 24.3 Å². The molecule has 3 aromatic rings. The molecule has 0 atom stereocenters. The van der Waals surface area contributed by atoms with Crippen LogP contribution in [0.1, 0.15) is 12.5 Å². The van der Waals surface area contributed by atoms with Crippen LogP contribution in [-0.4, -0.2) is 54.1 Å². The minimum atomic E-state index is -4.62. The summed E-state index contributed by atoms with van der Waals surface area (Å²) < 4.78 is 46.1. The van der Waals surface area contributed by atoms with Gasteiger partial charge in [-0.2, -0.15) is 18.2 Å². The summed E-state index contributed by atoms with van der Waals surface area (Å²) in [5.74, 6) is 0.162. The van der Waals surface area contributed by atoms with Crippen molar-refractivity contribution in [1.82, 2.24) is 14.9 Å². The highest BCUT2D eigenvalue weighted by Gasteiger charge is 2.35. The van der Waals surface area contributed by atoms with Gasteiger partial charge in [0.25, 0.3) is 0 Å². The SMILES string of the molecule is COc1cc(N2CCN(C(C)=O)CC2)ccc1Nc1ncc(C(F)(F)F)c(Nc2ccccc2)n1. The number of anilines is 5. The molecule has 2 aromatic carbocycles. The van der Waals surface area contributed by atoms with Gasteiger partial charge in [0.2, 0.25) is 11.9 Å². The Labute approximate surface area is 200 Å². The average Bonchev–Trinajstić information content (AvgIpc) is 2.84. The lowest BCUT2D eigenvalue weighted by molar-refractivity contribution is -0.137. The van der Waals surface area contributed by atoms with Gasteiger partial charge in [0, 0.05) is 56.7 Å². The number of carbonyl (C=O) groups excluding carboxylic acids is 1. The molecule has 1 aliphatic heterocycles. The Bertz CT molecular complexity index is 1180. The van der Waals surface area contributed by atoms with E-state index in [0.717, 1.165) is 11.9 Å². The van der Waals surface area contributed by atoms with Crippen LogP contribution >= 0.6 is 0 Å². The van der Waals surface area contributed by atoms with Gasteiger partial charge in [-0.1, -0.05) is 18.2 Å². The van der Waals surface area contributed by atoms with Gasteiger partial charge in [-0.15, -0.1) is 0 Å². The molecule has 1 amide bonds. The topological polar surface area (TPSA) is 82.6 Å². The summed E-state index contributed by atoms with van der Waals surface area (Å²) in [4.78, 5) is 23.5. The number of carbonyl (C=O) groups is 1. The number of ether oxygens (including phenoxy) is 1. The summed E-state index contributed by atoms with van der Waals surface area (Å²) in [6.45, 7) is 4.20. The molecule has 4 rings (SSSR count). The van der Waals surface area contributed by atoms with Crippen molar-refractivity contribution in [2.75, 3.05) is 48.8 Å². The van der Waals surface area contributed by atoms with Crippen molar-refractivity contribution in [2.24, 2.45) is 0 Å². The Morgan fingerprint density at radius 2 is 1.74 bits per heavy atom. The molecule has 1 saturated heterocycles. The van der Waals surface area contributed by atoms with E-state index in [1.807, 2.05) is 12.1 Å². The van der Waals surface area contributed by atoms with Crippen molar-refractivity contribution in [3.63, 3.8) is 0 Å². The number of hydrogen-bond acceptors (Lipinski definition) is 7. The summed E-state index contributed by atoms with van der Waals surface area (Å²) in [5.41, 5.74) is 0.910. The fourth-order valence-corrected chi connectivity index (χ4v) is 3.78. The van der Waals surface area contributed by atoms with Crippen molar-refractivity contribution in [2.45, 2.75) is 13.1 Å². The van der Waals surface area contributed by atoms with Gasteiger partial charge >= 0.3 is 6.18 Å². The number of para-hydroxylation sites is 1. The van der Waals surface area contributed by atoms with Crippen molar-refractivity contribution >= 4 is 34.7 Å². The first-order chi connectivity index (χ1) is 16.7. The normalized spacial score (nSPS) is 14.0. The van der Waals surface area contributed by atoms with Crippen LogP contribution in [0.3, 0.4) is 0 Å². The molecular weight excluding hydrogens is 461 g/mol. The van der Waals surface area contributed by atoms with Gasteiger partial charge in [0.05, 0.1) is 12.8 Å². The van der Waals surface area contributed by atoms with Crippen molar-refractivity contribution in [3.05, 3.63) is 60.3 Å². The number of amides is 1. The number of benzene rings is 2. The number of aromatic nitrogens is 2. The molecule has 0 saturated carbocycles. The zero-order valence-corrected chi connectivity index (χ0v) is 19.3. The van der Waals surface area contributed by atoms with Crippen LogP contribution < -0.4 is 20.3 Å². The summed E-state index contributed by atoms with van der Waals surface area (Å²) in [5, 5.41) is 5.67. The first-order valence-electron chi connectivity index (χ1n) is 11.0. The summed E-state index contributed by atoms with van der Waals surface area (Å²) in [6, 6.07) is 13.9. The summed E-state index contributed by atoms with van der Waals surface area (Å²) in [7, 11) is 1.51. The second kappa shape index (κ2) is 10.1.